The molecule has 0 rings (SSSR count). The Morgan fingerprint density at radius 1 is 1.28 bits per heavy atom. The Labute approximate surface area is 107 Å². The van der Waals surface area contributed by atoms with E-state index in [0.717, 1.165) is 4.31 Å². The number of rotatable bonds is 9. The van der Waals surface area contributed by atoms with Crippen LogP contribution in [-0.4, -0.2) is 55.2 Å². The standard InChI is InChI=1S/C10H19NO6S/c1-3-6-11(8-9(12)13)18(15,16)7-5-10(14)17-4-2/h3-8H2,1-2H3,(H,12,13). The normalized spacial score (nSPS) is 11.5. The number of hydrogen-bond donors (Lipinski definition) is 1. The number of esters is 1. The summed E-state index contributed by atoms with van der Waals surface area (Å²) < 4.78 is 29.1. The molecule has 0 radical (unpaired) electrons. The molecule has 0 saturated carbocycles. The van der Waals surface area contributed by atoms with Crippen LogP contribution in [0.3, 0.4) is 0 Å². The van der Waals surface area contributed by atoms with Gasteiger partial charge in [0.2, 0.25) is 10.0 Å². The number of carbonyl (C=O) groups excluding carboxylic acids is 1. The molecule has 0 aromatic rings. The van der Waals surface area contributed by atoms with Gasteiger partial charge in [-0.05, 0) is 13.3 Å². The number of hydrogen-bond acceptors (Lipinski definition) is 5. The van der Waals surface area contributed by atoms with E-state index >= 15 is 0 Å². The lowest BCUT2D eigenvalue weighted by atomic mass is 10.5. The zero-order chi connectivity index (χ0) is 14.2. The number of nitrogens with zero attached hydrogens (tertiary/aromatic N) is 1. The summed E-state index contributed by atoms with van der Waals surface area (Å²) in [7, 11) is -3.74. The van der Waals surface area contributed by atoms with Crippen LogP contribution < -0.4 is 0 Å². The fraction of sp³-hybridized carbons (Fsp3) is 0.800. The van der Waals surface area contributed by atoms with Crippen molar-refractivity contribution in [3.63, 3.8) is 0 Å². The lowest BCUT2D eigenvalue weighted by Crippen LogP contribution is -2.38. The fourth-order valence-corrected chi connectivity index (χ4v) is 2.74. The van der Waals surface area contributed by atoms with Gasteiger partial charge in [-0.25, -0.2) is 8.42 Å². The van der Waals surface area contributed by atoms with Gasteiger partial charge in [-0.15, -0.1) is 0 Å². The number of aliphatic carboxylic acids is 1. The van der Waals surface area contributed by atoms with E-state index in [4.69, 9.17) is 5.11 Å². The van der Waals surface area contributed by atoms with Crippen LogP contribution in [0.2, 0.25) is 0 Å². The molecule has 1 N–H and O–H groups in total. The van der Waals surface area contributed by atoms with E-state index in [1.165, 1.54) is 0 Å². The lowest BCUT2D eigenvalue weighted by Gasteiger charge is -2.19. The van der Waals surface area contributed by atoms with Crippen molar-refractivity contribution in [1.82, 2.24) is 4.31 Å². The molecule has 0 amide bonds. The summed E-state index contributed by atoms with van der Waals surface area (Å²) in [5, 5.41) is 8.64. The number of ether oxygens (including phenoxy) is 1. The van der Waals surface area contributed by atoms with Gasteiger partial charge < -0.3 is 9.84 Å². The van der Waals surface area contributed by atoms with Crippen LogP contribution in [0.1, 0.15) is 26.7 Å². The van der Waals surface area contributed by atoms with Crippen LogP contribution in [0, 0.1) is 0 Å². The predicted molar refractivity (Wildman–Crippen MR) is 64.5 cm³/mol. The van der Waals surface area contributed by atoms with E-state index in [1.54, 1.807) is 13.8 Å². The topological polar surface area (TPSA) is 101 Å². The van der Waals surface area contributed by atoms with Gasteiger partial charge >= 0.3 is 11.9 Å². The zero-order valence-corrected chi connectivity index (χ0v) is 11.4. The van der Waals surface area contributed by atoms with Crippen molar-refractivity contribution in [3.8, 4) is 0 Å². The van der Waals surface area contributed by atoms with Gasteiger partial charge in [-0.1, -0.05) is 6.92 Å². The van der Waals surface area contributed by atoms with E-state index in [0.29, 0.717) is 6.42 Å². The second-order valence-electron chi connectivity index (χ2n) is 3.60. The van der Waals surface area contributed by atoms with Crippen molar-refractivity contribution in [1.29, 1.82) is 0 Å². The van der Waals surface area contributed by atoms with E-state index < -0.39 is 34.3 Å². The molecule has 0 spiro atoms. The van der Waals surface area contributed by atoms with E-state index in [-0.39, 0.29) is 19.6 Å². The molecule has 0 aliphatic heterocycles. The third-order valence-electron chi connectivity index (χ3n) is 2.05. The maximum absolute atomic E-state index is 11.8. The molecule has 0 aromatic heterocycles. The van der Waals surface area contributed by atoms with Crippen LogP contribution in [0.4, 0.5) is 0 Å². The largest absolute Gasteiger partial charge is 0.480 e. The highest BCUT2D eigenvalue weighted by molar-refractivity contribution is 7.89. The van der Waals surface area contributed by atoms with Crippen molar-refractivity contribution in [2.24, 2.45) is 0 Å². The van der Waals surface area contributed by atoms with Gasteiger partial charge in [0.05, 0.1) is 18.8 Å². The van der Waals surface area contributed by atoms with Crippen molar-refractivity contribution in [3.05, 3.63) is 0 Å². The first kappa shape index (κ1) is 16.9. The smallest absolute Gasteiger partial charge is 0.318 e. The molecule has 7 nitrogen and oxygen atoms in total. The molecule has 0 bridgehead atoms. The van der Waals surface area contributed by atoms with E-state index in [1.807, 2.05) is 0 Å². The van der Waals surface area contributed by atoms with Gasteiger partial charge in [0.25, 0.3) is 0 Å². The van der Waals surface area contributed by atoms with Gasteiger partial charge in [0.1, 0.15) is 6.54 Å². The summed E-state index contributed by atoms with van der Waals surface area (Å²) in [4.78, 5) is 21.6. The first-order valence-corrected chi connectivity index (χ1v) is 7.29. The molecule has 106 valence electrons. The van der Waals surface area contributed by atoms with E-state index in [2.05, 4.69) is 4.74 Å². The lowest BCUT2D eigenvalue weighted by molar-refractivity contribution is -0.142. The molecule has 0 unspecified atom stereocenters. The van der Waals surface area contributed by atoms with Crippen LogP contribution in [0.5, 0.6) is 0 Å². The molecular formula is C10H19NO6S. The summed E-state index contributed by atoms with van der Waals surface area (Å²) in [6.45, 7) is 3.10. The summed E-state index contributed by atoms with van der Waals surface area (Å²) in [6.07, 6.45) is 0.238. The van der Waals surface area contributed by atoms with Crippen molar-refractivity contribution in [2.45, 2.75) is 26.7 Å². The fourth-order valence-electron chi connectivity index (χ4n) is 1.29. The highest BCUT2D eigenvalue weighted by Gasteiger charge is 2.24. The Kier molecular flexibility index (Phi) is 7.53. The second-order valence-corrected chi connectivity index (χ2v) is 5.69. The molecule has 0 aromatic carbocycles. The van der Waals surface area contributed by atoms with Crippen molar-refractivity contribution < 1.29 is 27.9 Å². The predicted octanol–water partition coefficient (Wildman–Crippen LogP) is 0.0660. The monoisotopic (exact) mass is 281 g/mol. The highest BCUT2D eigenvalue weighted by atomic mass is 32.2. The maximum Gasteiger partial charge on any atom is 0.318 e. The van der Waals surface area contributed by atoms with Gasteiger partial charge in [0, 0.05) is 6.54 Å². The molecule has 0 fully saturated rings. The first-order valence-electron chi connectivity index (χ1n) is 5.68. The molecule has 0 atom stereocenters. The Balaban J connectivity index is 4.54. The summed E-state index contributed by atoms with van der Waals surface area (Å²) in [5.74, 6) is -2.25. The zero-order valence-electron chi connectivity index (χ0n) is 10.6. The Morgan fingerprint density at radius 2 is 1.89 bits per heavy atom. The average molecular weight is 281 g/mol. The first-order chi connectivity index (χ1) is 8.33. The minimum atomic E-state index is -3.74. The quantitative estimate of drug-likeness (QED) is 0.600. The van der Waals surface area contributed by atoms with Gasteiger partial charge in [0.15, 0.2) is 0 Å². The minimum absolute atomic E-state index is 0.122. The molecule has 0 aliphatic rings. The van der Waals surface area contributed by atoms with Crippen molar-refractivity contribution >= 4 is 22.0 Å². The molecule has 0 aliphatic carbocycles. The Morgan fingerprint density at radius 3 is 2.33 bits per heavy atom. The summed E-state index contributed by atoms with van der Waals surface area (Å²) in [5.41, 5.74) is 0. The number of carboxylic acid groups (broad SMARTS) is 1. The van der Waals surface area contributed by atoms with Gasteiger partial charge in [-0.2, -0.15) is 4.31 Å². The molecular weight excluding hydrogens is 262 g/mol. The number of carbonyl (C=O) groups is 2. The van der Waals surface area contributed by atoms with E-state index in [9.17, 15) is 18.0 Å². The van der Waals surface area contributed by atoms with Gasteiger partial charge in [-0.3, -0.25) is 9.59 Å². The molecule has 0 saturated heterocycles. The second kappa shape index (κ2) is 8.04. The minimum Gasteiger partial charge on any atom is -0.480 e. The molecule has 8 heteroatoms. The highest BCUT2D eigenvalue weighted by Crippen LogP contribution is 2.05. The van der Waals surface area contributed by atoms with Crippen molar-refractivity contribution in [2.75, 3.05) is 25.4 Å². The summed E-state index contributed by atoms with van der Waals surface area (Å²) >= 11 is 0. The molecule has 18 heavy (non-hydrogen) atoms. The number of carboxylic acids is 1. The Hall–Kier alpha value is -1.15. The SMILES string of the molecule is CCCN(CC(=O)O)S(=O)(=O)CCC(=O)OCC. The van der Waals surface area contributed by atoms with Crippen LogP contribution in [0.15, 0.2) is 0 Å². The number of sulfonamides is 1. The third-order valence-corrected chi connectivity index (χ3v) is 3.87. The van der Waals surface area contributed by atoms with Crippen LogP contribution in [-0.2, 0) is 24.3 Å². The van der Waals surface area contributed by atoms with Crippen LogP contribution >= 0.6 is 0 Å². The average Bonchev–Trinajstić information content (AvgIpc) is 2.26. The molecule has 0 heterocycles. The van der Waals surface area contributed by atoms with Crippen LogP contribution in [0.25, 0.3) is 0 Å². The maximum atomic E-state index is 11.8. The summed E-state index contributed by atoms with van der Waals surface area (Å²) in [6, 6.07) is 0. The Bertz CT molecular complexity index is 378. The third kappa shape index (κ3) is 6.55.